The van der Waals surface area contributed by atoms with Gasteiger partial charge in [0, 0.05) is 17.3 Å². The first-order chi connectivity index (χ1) is 8.66. The van der Waals surface area contributed by atoms with Gasteiger partial charge < -0.3 is 5.73 Å². The summed E-state index contributed by atoms with van der Waals surface area (Å²) in [6.07, 6.45) is 2.01. The van der Waals surface area contributed by atoms with E-state index in [1.807, 2.05) is 0 Å². The fourth-order valence-electron chi connectivity index (χ4n) is 3.16. The van der Waals surface area contributed by atoms with Gasteiger partial charge in [-0.2, -0.15) is 5.10 Å². The molecule has 0 spiro atoms. The maximum absolute atomic E-state index is 6.31. The SMILES string of the molecule is Cc1ccccc1C1Cc2n[nH]c(C)c2C(N)C1. The number of hydrogen-bond donors (Lipinski definition) is 2. The van der Waals surface area contributed by atoms with Crippen molar-refractivity contribution in [3.8, 4) is 0 Å². The van der Waals surface area contributed by atoms with Crippen LogP contribution in [0, 0.1) is 13.8 Å². The molecule has 18 heavy (non-hydrogen) atoms. The van der Waals surface area contributed by atoms with Crippen molar-refractivity contribution in [1.82, 2.24) is 10.2 Å². The van der Waals surface area contributed by atoms with Crippen LogP contribution in [0.15, 0.2) is 24.3 Å². The van der Waals surface area contributed by atoms with Crippen LogP contribution >= 0.6 is 0 Å². The quantitative estimate of drug-likeness (QED) is 0.806. The maximum atomic E-state index is 6.31. The second kappa shape index (κ2) is 4.25. The average molecular weight is 241 g/mol. The van der Waals surface area contributed by atoms with E-state index in [-0.39, 0.29) is 6.04 Å². The Morgan fingerprint density at radius 1 is 1.28 bits per heavy atom. The first-order valence-electron chi connectivity index (χ1n) is 6.51. The van der Waals surface area contributed by atoms with Crippen LogP contribution in [-0.2, 0) is 6.42 Å². The van der Waals surface area contributed by atoms with Gasteiger partial charge >= 0.3 is 0 Å². The summed E-state index contributed by atoms with van der Waals surface area (Å²) in [6.45, 7) is 4.23. The number of rotatable bonds is 1. The third kappa shape index (κ3) is 1.75. The highest BCUT2D eigenvalue weighted by Gasteiger charge is 2.29. The van der Waals surface area contributed by atoms with E-state index < -0.39 is 0 Å². The number of aromatic nitrogens is 2. The number of nitrogens with zero attached hydrogens (tertiary/aromatic N) is 1. The van der Waals surface area contributed by atoms with Gasteiger partial charge in [-0.15, -0.1) is 0 Å². The van der Waals surface area contributed by atoms with Crippen LogP contribution in [0.1, 0.15) is 46.5 Å². The highest BCUT2D eigenvalue weighted by atomic mass is 15.1. The molecule has 1 heterocycles. The van der Waals surface area contributed by atoms with Gasteiger partial charge in [0.25, 0.3) is 0 Å². The van der Waals surface area contributed by atoms with E-state index in [1.54, 1.807) is 0 Å². The van der Waals surface area contributed by atoms with Crippen LogP contribution in [0.5, 0.6) is 0 Å². The van der Waals surface area contributed by atoms with Gasteiger partial charge in [-0.3, -0.25) is 5.10 Å². The molecule has 1 aliphatic rings. The lowest BCUT2D eigenvalue weighted by molar-refractivity contribution is 0.496. The van der Waals surface area contributed by atoms with Gasteiger partial charge in [-0.05, 0) is 43.7 Å². The lowest BCUT2D eigenvalue weighted by atomic mass is 9.79. The van der Waals surface area contributed by atoms with Crippen molar-refractivity contribution in [2.45, 2.75) is 38.6 Å². The van der Waals surface area contributed by atoms with Gasteiger partial charge in [0.15, 0.2) is 0 Å². The van der Waals surface area contributed by atoms with Crippen LogP contribution in [0.2, 0.25) is 0 Å². The second-order valence-corrected chi connectivity index (χ2v) is 5.31. The van der Waals surface area contributed by atoms with Gasteiger partial charge in [0.1, 0.15) is 0 Å². The standard InChI is InChI=1S/C15H19N3/c1-9-5-3-4-6-12(9)11-7-13(16)15-10(2)17-18-14(15)8-11/h3-6,11,13H,7-8,16H2,1-2H3,(H,17,18). The monoisotopic (exact) mass is 241 g/mol. The molecule has 3 N–H and O–H groups in total. The Morgan fingerprint density at radius 3 is 2.83 bits per heavy atom. The van der Waals surface area contributed by atoms with E-state index in [1.165, 1.54) is 16.7 Å². The van der Waals surface area contributed by atoms with Crippen LogP contribution < -0.4 is 5.73 Å². The lowest BCUT2D eigenvalue weighted by Crippen LogP contribution is -2.23. The minimum Gasteiger partial charge on any atom is -0.324 e. The highest BCUT2D eigenvalue weighted by Crippen LogP contribution is 2.38. The molecule has 1 aliphatic carbocycles. The first-order valence-corrected chi connectivity index (χ1v) is 6.51. The van der Waals surface area contributed by atoms with E-state index in [0.29, 0.717) is 5.92 Å². The van der Waals surface area contributed by atoms with Gasteiger partial charge in [0.05, 0.1) is 5.69 Å². The average Bonchev–Trinajstić information content (AvgIpc) is 2.72. The molecule has 0 fully saturated rings. The molecule has 1 aromatic carbocycles. The summed E-state index contributed by atoms with van der Waals surface area (Å²) in [4.78, 5) is 0. The summed E-state index contributed by atoms with van der Waals surface area (Å²) in [7, 11) is 0. The number of benzene rings is 1. The number of aryl methyl sites for hydroxylation is 2. The molecule has 0 saturated heterocycles. The molecule has 0 saturated carbocycles. The first kappa shape index (κ1) is 11.5. The van der Waals surface area contributed by atoms with Gasteiger partial charge in [-0.25, -0.2) is 0 Å². The molecule has 1 aromatic heterocycles. The number of hydrogen-bond acceptors (Lipinski definition) is 2. The zero-order chi connectivity index (χ0) is 12.7. The third-order valence-corrected chi connectivity index (χ3v) is 4.05. The van der Waals surface area contributed by atoms with Crippen molar-refractivity contribution in [3.05, 3.63) is 52.3 Å². The minimum atomic E-state index is 0.108. The molecule has 0 radical (unpaired) electrons. The molecule has 0 bridgehead atoms. The lowest BCUT2D eigenvalue weighted by Gasteiger charge is -2.28. The molecule has 2 unspecified atom stereocenters. The molecule has 0 amide bonds. The summed E-state index contributed by atoms with van der Waals surface area (Å²) in [6, 6.07) is 8.70. The molecule has 94 valence electrons. The zero-order valence-corrected chi connectivity index (χ0v) is 10.9. The number of nitrogens with one attached hydrogen (secondary N) is 1. The van der Waals surface area contributed by atoms with Crippen molar-refractivity contribution < 1.29 is 0 Å². The number of fused-ring (bicyclic) bond motifs is 1. The van der Waals surface area contributed by atoms with Crippen LogP contribution in [0.3, 0.4) is 0 Å². The summed E-state index contributed by atoms with van der Waals surface area (Å²) in [5.74, 6) is 0.497. The zero-order valence-electron chi connectivity index (χ0n) is 10.9. The Kier molecular flexibility index (Phi) is 2.71. The van der Waals surface area contributed by atoms with Gasteiger partial charge in [-0.1, -0.05) is 24.3 Å². The largest absolute Gasteiger partial charge is 0.324 e. The van der Waals surface area contributed by atoms with Crippen molar-refractivity contribution in [3.63, 3.8) is 0 Å². The van der Waals surface area contributed by atoms with Gasteiger partial charge in [0.2, 0.25) is 0 Å². The fourth-order valence-corrected chi connectivity index (χ4v) is 3.16. The van der Waals surface area contributed by atoms with E-state index in [4.69, 9.17) is 5.73 Å². The van der Waals surface area contributed by atoms with E-state index in [0.717, 1.165) is 24.2 Å². The van der Waals surface area contributed by atoms with Crippen molar-refractivity contribution in [2.24, 2.45) is 5.73 Å². The molecular weight excluding hydrogens is 222 g/mol. The molecule has 2 aromatic rings. The van der Waals surface area contributed by atoms with Crippen LogP contribution in [0.25, 0.3) is 0 Å². The van der Waals surface area contributed by atoms with Crippen LogP contribution in [-0.4, -0.2) is 10.2 Å². The molecule has 3 heteroatoms. The Balaban J connectivity index is 1.97. The van der Waals surface area contributed by atoms with Crippen molar-refractivity contribution in [1.29, 1.82) is 0 Å². The number of nitrogens with two attached hydrogens (primary N) is 1. The molecule has 0 aliphatic heterocycles. The van der Waals surface area contributed by atoms with E-state index in [9.17, 15) is 0 Å². The molecule has 3 nitrogen and oxygen atoms in total. The minimum absolute atomic E-state index is 0.108. The fraction of sp³-hybridized carbons (Fsp3) is 0.400. The van der Waals surface area contributed by atoms with Crippen molar-refractivity contribution in [2.75, 3.05) is 0 Å². The maximum Gasteiger partial charge on any atom is 0.0678 e. The number of aromatic amines is 1. The Labute approximate surface area is 107 Å². The Bertz CT molecular complexity index is 571. The summed E-state index contributed by atoms with van der Waals surface area (Å²) in [5.41, 5.74) is 12.6. The third-order valence-electron chi connectivity index (χ3n) is 4.05. The Hall–Kier alpha value is -1.61. The predicted octanol–water partition coefficient (Wildman–Crippen LogP) is 2.76. The molecule has 2 atom stereocenters. The Morgan fingerprint density at radius 2 is 2.06 bits per heavy atom. The molecule has 3 rings (SSSR count). The smallest absolute Gasteiger partial charge is 0.0678 e. The van der Waals surface area contributed by atoms with E-state index in [2.05, 4.69) is 48.3 Å². The van der Waals surface area contributed by atoms with E-state index >= 15 is 0 Å². The number of H-pyrrole nitrogens is 1. The van der Waals surface area contributed by atoms with Crippen LogP contribution in [0.4, 0.5) is 0 Å². The summed E-state index contributed by atoms with van der Waals surface area (Å²) < 4.78 is 0. The predicted molar refractivity (Wildman–Crippen MR) is 72.5 cm³/mol. The molecular formula is C15H19N3. The second-order valence-electron chi connectivity index (χ2n) is 5.31. The van der Waals surface area contributed by atoms with Crippen molar-refractivity contribution >= 4 is 0 Å². The topological polar surface area (TPSA) is 54.7 Å². The summed E-state index contributed by atoms with van der Waals surface area (Å²) >= 11 is 0. The highest BCUT2D eigenvalue weighted by molar-refractivity contribution is 5.37. The normalized spacial score (nSPS) is 22.8. The summed E-state index contributed by atoms with van der Waals surface area (Å²) in [5, 5.41) is 7.47.